The fraction of sp³-hybridized carbons (Fsp3) is 0. The summed E-state index contributed by atoms with van der Waals surface area (Å²) < 4.78 is 27.5. The highest BCUT2D eigenvalue weighted by atomic mass is 35.5. The lowest BCUT2D eigenvalue weighted by atomic mass is 10.0. The third kappa shape index (κ3) is 5.71. The van der Waals surface area contributed by atoms with E-state index in [1.807, 2.05) is 0 Å². The fourth-order valence-corrected chi connectivity index (χ4v) is 4.77. The van der Waals surface area contributed by atoms with Crippen LogP contribution in [0.15, 0.2) is 102 Å². The van der Waals surface area contributed by atoms with Crippen LogP contribution in [0, 0.1) is 0 Å². The van der Waals surface area contributed by atoms with Crippen molar-refractivity contribution in [3.05, 3.63) is 124 Å². The lowest BCUT2D eigenvalue weighted by molar-refractivity contribution is 0.102. The Hall–Kier alpha value is -3.65. The van der Waals surface area contributed by atoms with E-state index in [4.69, 9.17) is 23.2 Å². The third-order valence-electron chi connectivity index (χ3n) is 5.05. The number of anilines is 2. The number of halogens is 2. The molecule has 0 aliphatic carbocycles. The summed E-state index contributed by atoms with van der Waals surface area (Å²) >= 11 is 12.3. The molecule has 0 fully saturated rings. The van der Waals surface area contributed by atoms with Crippen LogP contribution in [-0.2, 0) is 10.0 Å². The Morgan fingerprint density at radius 1 is 0.714 bits per heavy atom. The van der Waals surface area contributed by atoms with Crippen molar-refractivity contribution in [1.82, 2.24) is 0 Å². The minimum absolute atomic E-state index is 0.125. The molecule has 0 bridgehead atoms. The predicted octanol–water partition coefficient (Wildman–Crippen LogP) is 6.28. The number of hydrogen-bond acceptors (Lipinski definition) is 4. The van der Waals surface area contributed by atoms with E-state index in [0.29, 0.717) is 10.7 Å². The van der Waals surface area contributed by atoms with Crippen molar-refractivity contribution in [3.8, 4) is 0 Å². The van der Waals surface area contributed by atoms with E-state index in [0.717, 1.165) is 0 Å². The maximum Gasteiger partial charge on any atom is 0.261 e. The molecule has 0 atom stereocenters. The Morgan fingerprint density at radius 3 is 2.06 bits per heavy atom. The van der Waals surface area contributed by atoms with Crippen molar-refractivity contribution < 1.29 is 18.0 Å². The predicted molar refractivity (Wildman–Crippen MR) is 138 cm³/mol. The Morgan fingerprint density at radius 2 is 1.37 bits per heavy atom. The normalized spacial score (nSPS) is 11.0. The third-order valence-corrected chi connectivity index (χ3v) is 7.01. The van der Waals surface area contributed by atoms with Crippen LogP contribution in [0.2, 0.25) is 10.0 Å². The van der Waals surface area contributed by atoms with Gasteiger partial charge >= 0.3 is 0 Å². The second-order valence-corrected chi connectivity index (χ2v) is 9.97. The van der Waals surface area contributed by atoms with E-state index in [1.54, 1.807) is 48.5 Å². The number of ketones is 1. The van der Waals surface area contributed by atoms with E-state index in [9.17, 15) is 18.0 Å². The van der Waals surface area contributed by atoms with Crippen molar-refractivity contribution in [2.75, 3.05) is 10.0 Å². The van der Waals surface area contributed by atoms with Gasteiger partial charge in [-0.1, -0.05) is 53.5 Å². The van der Waals surface area contributed by atoms with Gasteiger partial charge in [0, 0.05) is 27.4 Å². The van der Waals surface area contributed by atoms with Crippen molar-refractivity contribution in [2.45, 2.75) is 4.90 Å². The molecular weight excluding hydrogens is 507 g/mol. The molecule has 35 heavy (non-hydrogen) atoms. The van der Waals surface area contributed by atoms with Crippen LogP contribution >= 0.6 is 23.2 Å². The van der Waals surface area contributed by atoms with Crippen LogP contribution in [0.3, 0.4) is 0 Å². The summed E-state index contributed by atoms with van der Waals surface area (Å²) in [6, 6.07) is 25.0. The first kappa shape index (κ1) is 24.5. The Balaban J connectivity index is 1.54. The highest BCUT2D eigenvalue weighted by molar-refractivity contribution is 7.92. The molecule has 0 saturated heterocycles. The first-order valence-corrected chi connectivity index (χ1v) is 12.6. The van der Waals surface area contributed by atoms with Gasteiger partial charge in [-0.3, -0.25) is 14.3 Å². The molecule has 1 amide bonds. The maximum atomic E-state index is 13.1. The molecule has 0 aromatic heterocycles. The van der Waals surface area contributed by atoms with Crippen LogP contribution in [-0.4, -0.2) is 20.1 Å². The molecule has 0 aliphatic heterocycles. The van der Waals surface area contributed by atoms with Gasteiger partial charge in [0.2, 0.25) is 0 Å². The van der Waals surface area contributed by atoms with E-state index in [1.165, 1.54) is 48.5 Å². The van der Waals surface area contributed by atoms with Crippen molar-refractivity contribution in [1.29, 1.82) is 0 Å². The zero-order valence-electron chi connectivity index (χ0n) is 18.0. The van der Waals surface area contributed by atoms with E-state index in [2.05, 4.69) is 10.0 Å². The summed E-state index contributed by atoms with van der Waals surface area (Å²) in [6.07, 6.45) is 0. The molecule has 4 rings (SSSR count). The molecule has 2 N–H and O–H groups in total. The standard InChI is InChI=1S/C26H18Cl2N2O4S/c27-18-12-15-24(22(16-18)25(31)21-8-4-5-9-23(21)28)29-26(32)17-10-13-19(14-11-17)30-35(33,34)20-6-2-1-3-7-20/h1-16,30H,(H,29,32). The molecule has 0 unspecified atom stereocenters. The number of nitrogens with one attached hydrogen (secondary N) is 2. The molecule has 4 aromatic rings. The van der Waals surface area contributed by atoms with Gasteiger partial charge in [0.1, 0.15) is 0 Å². The maximum absolute atomic E-state index is 13.1. The summed E-state index contributed by atoms with van der Waals surface area (Å²) in [6.45, 7) is 0. The Kier molecular flexibility index (Phi) is 7.21. The van der Waals surface area contributed by atoms with Crippen LogP contribution in [0.25, 0.3) is 0 Å². The molecule has 0 radical (unpaired) electrons. The van der Waals surface area contributed by atoms with Crippen molar-refractivity contribution in [2.24, 2.45) is 0 Å². The number of amides is 1. The average Bonchev–Trinajstić information content (AvgIpc) is 2.86. The number of carbonyl (C=O) groups is 2. The van der Waals surface area contributed by atoms with Gasteiger partial charge in [-0.05, 0) is 66.7 Å². The number of rotatable bonds is 7. The van der Waals surface area contributed by atoms with E-state index >= 15 is 0 Å². The molecule has 176 valence electrons. The van der Waals surface area contributed by atoms with Crippen LogP contribution in [0.4, 0.5) is 11.4 Å². The first-order valence-electron chi connectivity index (χ1n) is 10.3. The zero-order valence-corrected chi connectivity index (χ0v) is 20.4. The summed E-state index contributed by atoms with van der Waals surface area (Å²) in [5, 5.41) is 3.33. The zero-order chi connectivity index (χ0) is 25.0. The van der Waals surface area contributed by atoms with E-state index in [-0.39, 0.29) is 38.1 Å². The van der Waals surface area contributed by atoms with Crippen molar-refractivity contribution >= 4 is 56.3 Å². The number of hydrogen-bond donors (Lipinski definition) is 2. The highest BCUT2D eigenvalue weighted by Crippen LogP contribution is 2.27. The second kappa shape index (κ2) is 10.3. The molecular formula is C26H18Cl2N2O4S. The number of sulfonamides is 1. The molecule has 4 aromatic carbocycles. The molecule has 9 heteroatoms. The van der Waals surface area contributed by atoms with Gasteiger partial charge in [0.25, 0.3) is 15.9 Å². The smallest absolute Gasteiger partial charge is 0.261 e. The topological polar surface area (TPSA) is 92.3 Å². The van der Waals surface area contributed by atoms with E-state index < -0.39 is 15.9 Å². The monoisotopic (exact) mass is 524 g/mol. The Bertz CT molecular complexity index is 1510. The van der Waals surface area contributed by atoms with Gasteiger partial charge in [-0.2, -0.15) is 0 Å². The first-order chi connectivity index (χ1) is 16.7. The summed E-state index contributed by atoms with van der Waals surface area (Å²) in [7, 11) is -3.76. The van der Waals surface area contributed by atoms with Crippen molar-refractivity contribution in [3.63, 3.8) is 0 Å². The van der Waals surface area contributed by atoms with Gasteiger partial charge in [-0.25, -0.2) is 8.42 Å². The minimum Gasteiger partial charge on any atom is -0.321 e. The largest absolute Gasteiger partial charge is 0.321 e. The summed E-state index contributed by atoms with van der Waals surface area (Å²) in [5.41, 5.74) is 1.29. The van der Waals surface area contributed by atoms with Crippen LogP contribution in [0.1, 0.15) is 26.3 Å². The molecule has 0 heterocycles. The lowest BCUT2D eigenvalue weighted by Crippen LogP contribution is -2.16. The quantitative estimate of drug-likeness (QED) is 0.278. The number of benzene rings is 4. The molecule has 0 spiro atoms. The molecule has 0 saturated carbocycles. The second-order valence-electron chi connectivity index (χ2n) is 7.45. The van der Waals surface area contributed by atoms with Gasteiger partial charge in [0.05, 0.1) is 15.6 Å². The lowest BCUT2D eigenvalue weighted by Gasteiger charge is -2.12. The molecule has 0 aliphatic rings. The van der Waals surface area contributed by atoms with Crippen LogP contribution < -0.4 is 10.0 Å². The molecule has 6 nitrogen and oxygen atoms in total. The minimum atomic E-state index is -3.76. The number of carbonyl (C=O) groups excluding carboxylic acids is 2. The fourth-order valence-electron chi connectivity index (χ4n) is 3.30. The highest BCUT2D eigenvalue weighted by Gasteiger charge is 2.19. The van der Waals surface area contributed by atoms with Crippen LogP contribution in [0.5, 0.6) is 0 Å². The SMILES string of the molecule is O=C(Nc1ccc(Cl)cc1C(=O)c1ccccc1Cl)c1ccc(NS(=O)(=O)c2ccccc2)cc1. The van der Waals surface area contributed by atoms with Gasteiger partial charge in [0.15, 0.2) is 5.78 Å². The van der Waals surface area contributed by atoms with Gasteiger partial charge in [-0.15, -0.1) is 0 Å². The Labute approximate surface area is 212 Å². The summed E-state index contributed by atoms with van der Waals surface area (Å²) in [5.74, 6) is -0.878. The summed E-state index contributed by atoms with van der Waals surface area (Å²) in [4.78, 5) is 26.1. The van der Waals surface area contributed by atoms with Gasteiger partial charge < -0.3 is 5.32 Å². The average molecular weight is 525 g/mol.